The highest BCUT2D eigenvalue weighted by molar-refractivity contribution is 7.99. The molecule has 0 aliphatic rings. The third-order valence-electron chi connectivity index (χ3n) is 3.12. The fourth-order valence-corrected chi connectivity index (χ4v) is 3.43. The molecule has 2 aromatic rings. The van der Waals surface area contributed by atoms with Crippen molar-refractivity contribution in [1.29, 1.82) is 0 Å². The first kappa shape index (κ1) is 16.1. The second-order valence-electron chi connectivity index (χ2n) is 4.54. The topological polar surface area (TPSA) is 34.1 Å². The van der Waals surface area contributed by atoms with E-state index in [1.165, 1.54) is 0 Å². The van der Waals surface area contributed by atoms with E-state index in [1.54, 1.807) is 25.1 Å². The summed E-state index contributed by atoms with van der Waals surface area (Å²) in [4.78, 5) is 5.45. The number of pyridine rings is 1. The fraction of sp³-hybridized carbons (Fsp3) is 0.312. The summed E-state index contributed by atoms with van der Waals surface area (Å²) < 4.78 is 5.51. The molecule has 2 rings (SSSR count). The van der Waals surface area contributed by atoms with Crippen LogP contribution >= 0.6 is 23.4 Å². The van der Waals surface area contributed by atoms with Crippen LogP contribution in [-0.4, -0.2) is 18.6 Å². The molecule has 3 nitrogen and oxygen atoms in total. The molecular weight excluding hydrogens is 304 g/mol. The monoisotopic (exact) mass is 322 g/mol. The molecule has 1 aromatic carbocycles. The van der Waals surface area contributed by atoms with Gasteiger partial charge in [-0.15, -0.1) is 0 Å². The van der Waals surface area contributed by atoms with Crippen molar-refractivity contribution < 1.29 is 4.74 Å². The largest absolute Gasteiger partial charge is 0.496 e. The number of hydrogen-bond donors (Lipinski definition) is 1. The molecule has 0 spiro atoms. The minimum Gasteiger partial charge on any atom is -0.496 e. The Morgan fingerprint density at radius 3 is 2.81 bits per heavy atom. The van der Waals surface area contributed by atoms with E-state index in [4.69, 9.17) is 16.3 Å². The van der Waals surface area contributed by atoms with Gasteiger partial charge in [0.25, 0.3) is 0 Å². The first-order chi connectivity index (χ1) is 10.2. The zero-order valence-electron chi connectivity index (χ0n) is 12.4. The Kier molecular flexibility index (Phi) is 5.91. The van der Waals surface area contributed by atoms with Gasteiger partial charge in [0.2, 0.25) is 0 Å². The van der Waals surface area contributed by atoms with Gasteiger partial charge in [-0.3, -0.25) is 0 Å². The number of hydrogen-bond acceptors (Lipinski definition) is 4. The predicted octanol–water partition coefficient (Wildman–Crippen LogP) is 4.57. The summed E-state index contributed by atoms with van der Waals surface area (Å²) in [5.74, 6) is 0.875. The van der Waals surface area contributed by atoms with Crippen LogP contribution in [0.5, 0.6) is 5.75 Å². The Labute approximate surface area is 135 Å². The minimum absolute atomic E-state index is 0.191. The molecule has 1 heterocycles. The van der Waals surface area contributed by atoms with Crippen molar-refractivity contribution >= 4 is 23.4 Å². The Bertz CT molecular complexity index is 607. The fourth-order valence-electron chi connectivity index (χ4n) is 2.18. The molecule has 1 N–H and O–H groups in total. The third kappa shape index (κ3) is 3.90. The third-order valence-corrected chi connectivity index (χ3v) is 4.63. The van der Waals surface area contributed by atoms with Gasteiger partial charge < -0.3 is 10.1 Å². The summed E-state index contributed by atoms with van der Waals surface area (Å²) in [6.45, 7) is 5.12. The van der Waals surface area contributed by atoms with Crippen LogP contribution in [0.25, 0.3) is 0 Å². The zero-order chi connectivity index (χ0) is 15.2. The summed E-state index contributed by atoms with van der Waals surface area (Å²) in [6, 6.07) is 9.91. The minimum atomic E-state index is 0.191. The van der Waals surface area contributed by atoms with E-state index in [1.807, 2.05) is 24.3 Å². The van der Waals surface area contributed by atoms with Crippen molar-refractivity contribution in [2.45, 2.75) is 29.8 Å². The highest BCUT2D eigenvalue weighted by Crippen LogP contribution is 2.39. The lowest BCUT2D eigenvalue weighted by Crippen LogP contribution is -2.19. The molecule has 112 valence electrons. The van der Waals surface area contributed by atoms with Crippen LogP contribution in [0.15, 0.2) is 46.5 Å². The van der Waals surface area contributed by atoms with Gasteiger partial charge in [-0.25, -0.2) is 4.98 Å². The molecule has 0 aliphatic heterocycles. The van der Waals surface area contributed by atoms with Crippen LogP contribution in [0.1, 0.15) is 25.5 Å². The quantitative estimate of drug-likeness (QED) is 0.845. The van der Waals surface area contributed by atoms with Crippen molar-refractivity contribution in [3.63, 3.8) is 0 Å². The Hall–Kier alpha value is -1.23. The second-order valence-corrected chi connectivity index (χ2v) is 5.98. The molecule has 0 saturated heterocycles. The van der Waals surface area contributed by atoms with Gasteiger partial charge in [-0.2, -0.15) is 0 Å². The molecule has 1 unspecified atom stereocenters. The van der Waals surface area contributed by atoms with E-state index in [-0.39, 0.29) is 6.04 Å². The average molecular weight is 323 g/mol. The van der Waals surface area contributed by atoms with Crippen LogP contribution in [0.4, 0.5) is 0 Å². The molecule has 0 amide bonds. The summed E-state index contributed by atoms with van der Waals surface area (Å²) >= 11 is 7.77. The summed E-state index contributed by atoms with van der Waals surface area (Å²) in [5, 5.41) is 4.89. The number of nitrogens with zero attached hydrogens (tertiary/aromatic N) is 1. The number of ether oxygens (including phenoxy) is 1. The predicted molar refractivity (Wildman–Crippen MR) is 88.5 cm³/mol. The average Bonchev–Trinajstić information content (AvgIpc) is 2.49. The smallest absolute Gasteiger partial charge is 0.124 e. The summed E-state index contributed by atoms with van der Waals surface area (Å²) in [7, 11) is 1.69. The molecule has 1 aromatic heterocycles. The molecular formula is C16H19ClN2OS. The zero-order valence-corrected chi connectivity index (χ0v) is 14.0. The highest BCUT2D eigenvalue weighted by atomic mass is 35.5. The van der Waals surface area contributed by atoms with Gasteiger partial charge in [0, 0.05) is 22.7 Å². The second kappa shape index (κ2) is 7.69. The van der Waals surface area contributed by atoms with E-state index in [9.17, 15) is 0 Å². The lowest BCUT2D eigenvalue weighted by atomic mass is 10.1. The van der Waals surface area contributed by atoms with Crippen LogP contribution in [-0.2, 0) is 0 Å². The molecule has 1 atom stereocenters. The van der Waals surface area contributed by atoms with Crippen molar-refractivity contribution in [1.82, 2.24) is 10.3 Å². The van der Waals surface area contributed by atoms with Crippen molar-refractivity contribution in [2.24, 2.45) is 0 Å². The van der Waals surface area contributed by atoms with E-state index < -0.39 is 0 Å². The van der Waals surface area contributed by atoms with Crippen LogP contribution in [0.2, 0.25) is 5.02 Å². The van der Waals surface area contributed by atoms with Gasteiger partial charge in [-0.1, -0.05) is 36.4 Å². The maximum absolute atomic E-state index is 6.21. The first-order valence-corrected chi connectivity index (χ1v) is 8.05. The normalized spacial score (nSPS) is 12.2. The lowest BCUT2D eigenvalue weighted by Gasteiger charge is -2.20. The van der Waals surface area contributed by atoms with Crippen molar-refractivity contribution in [2.75, 3.05) is 13.7 Å². The number of halogens is 1. The van der Waals surface area contributed by atoms with E-state index in [2.05, 4.69) is 30.2 Å². The molecule has 21 heavy (non-hydrogen) atoms. The number of methoxy groups -OCH3 is 1. The van der Waals surface area contributed by atoms with Gasteiger partial charge in [-0.05, 0) is 37.7 Å². The first-order valence-electron chi connectivity index (χ1n) is 6.86. The summed E-state index contributed by atoms with van der Waals surface area (Å²) in [6.07, 6.45) is 1.75. The number of aromatic nitrogens is 1. The Morgan fingerprint density at radius 2 is 2.14 bits per heavy atom. The van der Waals surface area contributed by atoms with E-state index in [0.717, 1.165) is 27.8 Å². The molecule has 5 heteroatoms. The molecule has 0 saturated carbocycles. The SMILES string of the molecule is CCNC(C)c1c(OC)cccc1Sc1ncccc1Cl. The van der Waals surface area contributed by atoms with Crippen LogP contribution in [0.3, 0.4) is 0 Å². The number of benzene rings is 1. The Morgan fingerprint density at radius 1 is 1.33 bits per heavy atom. The maximum atomic E-state index is 6.21. The Balaban J connectivity index is 2.41. The van der Waals surface area contributed by atoms with Crippen molar-refractivity contribution in [3.05, 3.63) is 47.1 Å². The highest BCUT2D eigenvalue weighted by Gasteiger charge is 2.17. The van der Waals surface area contributed by atoms with Crippen LogP contribution in [0, 0.1) is 0 Å². The van der Waals surface area contributed by atoms with Gasteiger partial charge in [0.05, 0.1) is 12.1 Å². The van der Waals surface area contributed by atoms with E-state index in [0.29, 0.717) is 5.02 Å². The molecule has 0 fully saturated rings. The standard InChI is InChI=1S/C16H19ClN2OS/c1-4-18-11(2)15-13(20-3)8-5-9-14(15)21-16-12(17)7-6-10-19-16/h5-11,18H,4H2,1-3H3. The van der Waals surface area contributed by atoms with E-state index >= 15 is 0 Å². The van der Waals surface area contributed by atoms with Gasteiger partial charge >= 0.3 is 0 Å². The maximum Gasteiger partial charge on any atom is 0.124 e. The van der Waals surface area contributed by atoms with Gasteiger partial charge in [0.1, 0.15) is 10.8 Å². The number of rotatable bonds is 6. The molecule has 0 aliphatic carbocycles. The number of nitrogens with one attached hydrogen (secondary N) is 1. The van der Waals surface area contributed by atoms with Crippen molar-refractivity contribution in [3.8, 4) is 5.75 Å². The lowest BCUT2D eigenvalue weighted by molar-refractivity contribution is 0.400. The molecule has 0 bridgehead atoms. The summed E-state index contributed by atoms with van der Waals surface area (Å²) in [5.41, 5.74) is 1.13. The van der Waals surface area contributed by atoms with Crippen LogP contribution < -0.4 is 10.1 Å². The van der Waals surface area contributed by atoms with Gasteiger partial charge in [0.15, 0.2) is 0 Å². The molecule has 0 radical (unpaired) electrons.